The molecule has 0 aliphatic heterocycles. The van der Waals surface area contributed by atoms with Crippen molar-refractivity contribution in [1.82, 2.24) is 10.2 Å². The molecule has 0 heterocycles. The number of carbonyl (C=O) groups is 1. The molecule has 25 heavy (non-hydrogen) atoms. The van der Waals surface area contributed by atoms with E-state index in [4.69, 9.17) is 0 Å². The van der Waals surface area contributed by atoms with Crippen LogP contribution >= 0.6 is 0 Å². The van der Waals surface area contributed by atoms with Crippen LogP contribution in [0, 0.1) is 0 Å². The van der Waals surface area contributed by atoms with Crippen LogP contribution in [0.4, 0.5) is 23.7 Å². The molecule has 4 nitrogen and oxygen atoms in total. The lowest BCUT2D eigenvalue weighted by Crippen LogP contribution is -2.37. The minimum atomic E-state index is -4.53. The molecule has 0 aromatic heterocycles. The number of likely N-dealkylation sites (N-methyl/N-ethyl adjacent to an activating group) is 1. The minimum absolute atomic E-state index is 0.0928. The van der Waals surface area contributed by atoms with E-state index in [9.17, 15) is 18.0 Å². The van der Waals surface area contributed by atoms with Gasteiger partial charge in [0.05, 0.1) is 17.3 Å². The molecule has 2 aromatic carbocycles. The van der Waals surface area contributed by atoms with Gasteiger partial charge in [0, 0.05) is 6.54 Å². The Morgan fingerprint density at radius 2 is 1.64 bits per heavy atom. The summed E-state index contributed by atoms with van der Waals surface area (Å²) in [5, 5.41) is 4.90. The van der Waals surface area contributed by atoms with Gasteiger partial charge in [-0.05, 0) is 31.8 Å². The van der Waals surface area contributed by atoms with Gasteiger partial charge in [-0.25, -0.2) is 4.79 Å². The van der Waals surface area contributed by atoms with Gasteiger partial charge in [0.1, 0.15) is 0 Å². The molecule has 0 spiro atoms. The highest BCUT2D eigenvalue weighted by atomic mass is 19.4. The van der Waals surface area contributed by atoms with Gasteiger partial charge < -0.3 is 15.5 Å². The van der Waals surface area contributed by atoms with Crippen LogP contribution in [-0.2, 0) is 6.18 Å². The number of benzene rings is 2. The van der Waals surface area contributed by atoms with E-state index in [1.165, 1.54) is 18.2 Å². The van der Waals surface area contributed by atoms with E-state index in [-0.39, 0.29) is 18.3 Å². The Morgan fingerprint density at radius 1 is 1.04 bits per heavy atom. The third kappa shape index (κ3) is 5.22. The van der Waals surface area contributed by atoms with Crippen molar-refractivity contribution in [3.63, 3.8) is 0 Å². The number of hydrogen-bond donors (Lipinski definition) is 2. The quantitative estimate of drug-likeness (QED) is 0.851. The van der Waals surface area contributed by atoms with Crippen LogP contribution in [0.2, 0.25) is 0 Å². The van der Waals surface area contributed by atoms with Gasteiger partial charge in [-0.1, -0.05) is 42.5 Å². The van der Waals surface area contributed by atoms with Crippen molar-refractivity contribution in [3.05, 3.63) is 65.7 Å². The van der Waals surface area contributed by atoms with Gasteiger partial charge in [-0.2, -0.15) is 13.2 Å². The number of halogens is 3. The molecule has 2 aromatic rings. The number of urea groups is 1. The van der Waals surface area contributed by atoms with Crippen LogP contribution < -0.4 is 10.6 Å². The summed E-state index contributed by atoms with van der Waals surface area (Å²) in [4.78, 5) is 14.0. The summed E-state index contributed by atoms with van der Waals surface area (Å²) in [5.74, 6) is 0. The third-order valence-corrected chi connectivity index (χ3v) is 3.74. The van der Waals surface area contributed by atoms with Gasteiger partial charge in [0.2, 0.25) is 0 Å². The standard InChI is InChI=1S/C18H20F3N3O/c1-24(2)16(13-8-4-3-5-9-13)12-22-17(25)23-15-11-7-6-10-14(15)18(19,20)21/h3-11,16H,12H2,1-2H3,(H2,22,23,25)/t16-/m0/s1. The first-order valence-electron chi connectivity index (χ1n) is 7.71. The van der Waals surface area contributed by atoms with E-state index >= 15 is 0 Å². The predicted octanol–water partition coefficient (Wildman–Crippen LogP) is 4.13. The Hall–Kier alpha value is -2.54. The van der Waals surface area contributed by atoms with Gasteiger partial charge in [-0.15, -0.1) is 0 Å². The van der Waals surface area contributed by atoms with Crippen LogP contribution in [0.15, 0.2) is 54.6 Å². The van der Waals surface area contributed by atoms with Crippen molar-refractivity contribution in [3.8, 4) is 0 Å². The maximum atomic E-state index is 13.0. The van der Waals surface area contributed by atoms with Crippen LogP contribution in [-0.4, -0.2) is 31.6 Å². The second-order valence-electron chi connectivity index (χ2n) is 5.77. The van der Waals surface area contributed by atoms with Gasteiger partial charge >= 0.3 is 12.2 Å². The molecule has 2 rings (SSSR count). The fraction of sp³-hybridized carbons (Fsp3) is 0.278. The summed E-state index contributed by atoms with van der Waals surface area (Å²) >= 11 is 0. The largest absolute Gasteiger partial charge is 0.418 e. The minimum Gasteiger partial charge on any atom is -0.336 e. The van der Waals surface area contributed by atoms with Gasteiger partial charge in [0.25, 0.3) is 0 Å². The molecular weight excluding hydrogens is 331 g/mol. The van der Waals surface area contributed by atoms with Crippen LogP contribution in [0.3, 0.4) is 0 Å². The van der Waals surface area contributed by atoms with E-state index in [1.54, 1.807) is 0 Å². The summed E-state index contributed by atoms with van der Waals surface area (Å²) in [6.07, 6.45) is -4.53. The second kappa shape index (κ2) is 8.02. The number of anilines is 1. The summed E-state index contributed by atoms with van der Waals surface area (Å²) in [6.45, 7) is 0.261. The number of amides is 2. The molecular formula is C18H20F3N3O. The van der Waals surface area contributed by atoms with Gasteiger partial charge in [-0.3, -0.25) is 0 Å². The molecule has 1 atom stereocenters. The average Bonchev–Trinajstić information content (AvgIpc) is 2.55. The van der Waals surface area contributed by atoms with E-state index < -0.39 is 17.8 Å². The highest BCUT2D eigenvalue weighted by Crippen LogP contribution is 2.34. The maximum absolute atomic E-state index is 13.0. The second-order valence-corrected chi connectivity index (χ2v) is 5.77. The zero-order valence-electron chi connectivity index (χ0n) is 14.0. The number of alkyl halides is 3. The number of nitrogens with zero attached hydrogens (tertiary/aromatic N) is 1. The normalized spacial score (nSPS) is 12.7. The molecule has 0 saturated heterocycles. The fourth-order valence-corrected chi connectivity index (χ4v) is 2.47. The lowest BCUT2D eigenvalue weighted by Gasteiger charge is -2.25. The van der Waals surface area contributed by atoms with Crippen molar-refractivity contribution in [2.75, 3.05) is 26.0 Å². The van der Waals surface area contributed by atoms with Crippen molar-refractivity contribution in [2.45, 2.75) is 12.2 Å². The lowest BCUT2D eigenvalue weighted by atomic mass is 10.1. The van der Waals surface area contributed by atoms with Crippen molar-refractivity contribution < 1.29 is 18.0 Å². The van der Waals surface area contributed by atoms with Crippen LogP contribution in [0.5, 0.6) is 0 Å². The molecule has 0 saturated carbocycles. The van der Waals surface area contributed by atoms with E-state index in [0.29, 0.717) is 0 Å². The molecule has 0 fully saturated rings. The lowest BCUT2D eigenvalue weighted by molar-refractivity contribution is -0.136. The molecule has 2 amide bonds. The molecule has 2 N–H and O–H groups in total. The number of hydrogen-bond acceptors (Lipinski definition) is 2. The Morgan fingerprint density at radius 3 is 2.24 bits per heavy atom. The molecule has 0 aliphatic rings. The Bertz CT molecular complexity index is 702. The average molecular weight is 351 g/mol. The van der Waals surface area contributed by atoms with Gasteiger partial charge in [0.15, 0.2) is 0 Å². The number of para-hydroxylation sites is 1. The van der Waals surface area contributed by atoms with Crippen LogP contribution in [0.1, 0.15) is 17.2 Å². The first-order chi connectivity index (χ1) is 11.8. The summed E-state index contributed by atoms with van der Waals surface area (Å²) in [7, 11) is 3.74. The SMILES string of the molecule is CN(C)[C@@H](CNC(=O)Nc1ccccc1C(F)(F)F)c1ccccc1. The number of nitrogens with one attached hydrogen (secondary N) is 2. The zero-order chi connectivity index (χ0) is 18.4. The first kappa shape index (κ1) is 18.8. The summed E-state index contributed by atoms with van der Waals surface area (Å²) in [6, 6.07) is 13.7. The fourth-order valence-electron chi connectivity index (χ4n) is 2.47. The molecule has 134 valence electrons. The highest BCUT2D eigenvalue weighted by molar-refractivity contribution is 5.90. The van der Waals surface area contributed by atoms with E-state index in [0.717, 1.165) is 11.6 Å². The number of rotatable bonds is 5. The third-order valence-electron chi connectivity index (χ3n) is 3.74. The Kier molecular flexibility index (Phi) is 6.03. The van der Waals surface area contributed by atoms with Crippen LogP contribution in [0.25, 0.3) is 0 Å². The predicted molar refractivity (Wildman–Crippen MR) is 91.3 cm³/mol. The monoisotopic (exact) mass is 351 g/mol. The van der Waals surface area contributed by atoms with Crippen molar-refractivity contribution in [2.24, 2.45) is 0 Å². The molecule has 7 heteroatoms. The maximum Gasteiger partial charge on any atom is 0.418 e. The Balaban J connectivity index is 2.03. The zero-order valence-corrected chi connectivity index (χ0v) is 14.0. The molecule has 0 bridgehead atoms. The first-order valence-corrected chi connectivity index (χ1v) is 7.71. The van der Waals surface area contributed by atoms with Crippen molar-refractivity contribution >= 4 is 11.7 Å². The Labute approximate surface area is 144 Å². The molecule has 0 aliphatic carbocycles. The smallest absolute Gasteiger partial charge is 0.336 e. The topological polar surface area (TPSA) is 44.4 Å². The molecule has 0 unspecified atom stereocenters. The van der Waals surface area contributed by atoms with Crippen molar-refractivity contribution in [1.29, 1.82) is 0 Å². The van der Waals surface area contributed by atoms with E-state index in [1.807, 2.05) is 49.3 Å². The summed E-state index contributed by atoms with van der Waals surface area (Å²) < 4.78 is 38.9. The summed E-state index contributed by atoms with van der Waals surface area (Å²) in [5.41, 5.74) is -0.144. The number of carbonyl (C=O) groups excluding carboxylic acids is 1. The highest BCUT2D eigenvalue weighted by Gasteiger charge is 2.33. The molecule has 0 radical (unpaired) electrons. The van der Waals surface area contributed by atoms with E-state index in [2.05, 4.69) is 10.6 Å².